The molecular weight excluding hydrogens is 449 g/mol. The Morgan fingerprint density at radius 2 is 1.59 bits per heavy atom. The average Bonchev–Trinajstić information content (AvgIpc) is 2.93. The van der Waals surface area contributed by atoms with E-state index in [0.717, 1.165) is 51.4 Å². The van der Waals surface area contributed by atoms with Crippen LogP contribution in [0, 0.1) is 0 Å². The molecule has 1 aromatic carbocycles. The lowest BCUT2D eigenvalue weighted by atomic mass is 10.1. The van der Waals surface area contributed by atoms with E-state index >= 15 is 0 Å². The van der Waals surface area contributed by atoms with Crippen LogP contribution in [0.2, 0.25) is 10.0 Å². The molecule has 0 aromatic heterocycles. The van der Waals surface area contributed by atoms with Crippen molar-refractivity contribution in [2.45, 2.75) is 57.8 Å². The fourth-order valence-corrected chi connectivity index (χ4v) is 4.88. The van der Waals surface area contributed by atoms with E-state index in [-0.39, 0.29) is 12.3 Å². The van der Waals surface area contributed by atoms with Gasteiger partial charge in [-0.2, -0.15) is 0 Å². The molecule has 0 atom stereocenters. The number of benzene rings is 1. The smallest absolute Gasteiger partial charge is 0.303 e. The van der Waals surface area contributed by atoms with Crippen molar-refractivity contribution in [2.75, 3.05) is 6.54 Å². The minimum Gasteiger partial charge on any atom is -0.481 e. The number of nitrogens with zero attached hydrogens (tertiary/aromatic N) is 1. The summed E-state index contributed by atoms with van der Waals surface area (Å²) in [6.45, 7) is 0.622. The van der Waals surface area contributed by atoms with Crippen molar-refractivity contribution in [3.63, 3.8) is 0 Å². The number of carbonyl (C=O) groups is 2. The summed E-state index contributed by atoms with van der Waals surface area (Å²) in [6.07, 6.45) is 10.1. The highest BCUT2D eigenvalue weighted by molar-refractivity contribution is 8.26. The molecule has 0 saturated carbocycles. The summed E-state index contributed by atoms with van der Waals surface area (Å²) < 4.78 is 0.572. The molecule has 4 nitrogen and oxygen atoms in total. The van der Waals surface area contributed by atoms with Gasteiger partial charge in [-0.15, -0.1) is 0 Å². The van der Waals surface area contributed by atoms with Gasteiger partial charge in [0.05, 0.1) is 4.91 Å². The molecule has 1 aliphatic heterocycles. The Morgan fingerprint density at radius 3 is 2.17 bits per heavy atom. The van der Waals surface area contributed by atoms with Gasteiger partial charge in [0.1, 0.15) is 4.32 Å². The lowest BCUT2D eigenvalue weighted by Gasteiger charge is -2.14. The first kappa shape index (κ1) is 24.2. The van der Waals surface area contributed by atoms with E-state index in [1.165, 1.54) is 11.8 Å². The molecule has 8 heteroatoms. The number of carboxylic acids is 1. The second-order valence-corrected chi connectivity index (χ2v) is 9.43. The van der Waals surface area contributed by atoms with E-state index in [1.807, 2.05) is 0 Å². The van der Waals surface area contributed by atoms with Crippen molar-refractivity contribution in [2.24, 2.45) is 0 Å². The number of hydrogen-bond donors (Lipinski definition) is 1. The highest BCUT2D eigenvalue weighted by atomic mass is 35.5. The number of thiocarbonyl (C=S) groups is 1. The van der Waals surface area contributed by atoms with Gasteiger partial charge >= 0.3 is 5.97 Å². The van der Waals surface area contributed by atoms with E-state index in [1.54, 1.807) is 29.2 Å². The number of rotatable bonds is 12. The molecule has 1 aliphatic rings. The van der Waals surface area contributed by atoms with E-state index in [0.29, 0.717) is 31.4 Å². The third-order valence-electron chi connectivity index (χ3n) is 4.67. The number of unbranched alkanes of at least 4 members (excludes halogenated alkanes) is 7. The van der Waals surface area contributed by atoms with Crippen molar-refractivity contribution in [3.05, 3.63) is 38.7 Å². The predicted molar refractivity (Wildman–Crippen MR) is 126 cm³/mol. The van der Waals surface area contributed by atoms with Crippen LogP contribution >= 0.6 is 47.2 Å². The highest BCUT2D eigenvalue weighted by Gasteiger charge is 2.31. The molecule has 1 N–H and O–H groups in total. The maximum Gasteiger partial charge on any atom is 0.303 e. The van der Waals surface area contributed by atoms with Crippen molar-refractivity contribution in [1.29, 1.82) is 0 Å². The Morgan fingerprint density at radius 1 is 1.03 bits per heavy atom. The second kappa shape index (κ2) is 12.6. The SMILES string of the molecule is O=C(O)CCCCCCCCCCN1C(=O)C(=Cc2c(Cl)cccc2Cl)SC1=S. The molecule has 29 heavy (non-hydrogen) atoms. The van der Waals surface area contributed by atoms with Gasteiger partial charge in [0.25, 0.3) is 5.91 Å². The van der Waals surface area contributed by atoms with Crippen molar-refractivity contribution >= 4 is 69.5 Å². The van der Waals surface area contributed by atoms with Crippen molar-refractivity contribution in [3.8, 4) is 0 Å². The largest absolute Gasteiger partial charge is 0.481 e. The van der Waals surface area contributed by atoms with Gasteiger partial charge in [-0.05, 0) is 31.1 Å². The van der Waals surface area contributed by atoms with Gasteiger partial charge in [0.2, 0.25) is 0 Å². The topological polar surface area (TPSA) is 57.6 Å². The number of aliphatic carboxylic acids is 1. The normalized spacial score (nSPS) is 15.5. The maximum atomic E-state index is 12.7. The van der Waals surface area contributed by atoms with Gasteiger partial charge in [0, 0.05) is 28.6 Å². The molecule has 1 aromatic rings. The van der Waals surface area contributed by atoms with Gasteiger partial charge in [-0.1, -0.05) is 91.8 Å². The average molecular weight is 474 g/mol. The van der Waals surface area contributed by atoms with Crippen LogP contribution in [-0.2, 0) is 9.59 Å². The fraction of sp³-hybridized carbons (Fsp3) is 0.476. The number of carboxylic acid groups (broad SMARTS) is 1. The molecule has 1 heterocycles. The van der Waals surface area contributed by atoms with Crippen molar-refractivity contribution < 1.29 is 14.7 Å². The van der Waals surface area contributed by atoms with Crippen LogP contribution in [0.25, 0.3) is 6.08 Å². The molecule has 2 rings (SSSR count). The van der Waals surface area contributed by atoms with Crippen LogP contribution in [0.15, 0.2) is 23.1 Å². The molecule has 0 bridgehead atoms. The standard InChI is InChI=1S/C21H25Cl2NO3S2/c22-16-10-9-11-17(23)15(16)14-18-20(27)24(21(28)29-18)13-8-6-4-2-1-3-5-7-12-19(25)26/h9-11,14H,1-8,12-13H2,(H,25,26). The van der Waals surface area contributed by atoms with E-state index < -0.39 is 5.97 Å². The quantitative estimate of drug-likeness (QED) is 0.205. The molecule has 0 aliphatic carbocycles. The number of amides is 1. The zero-order valence-electron chi connectivity index (χ0n) is 16.2. The first-order valence-electron chi connectivity index (χ1n) is 9.81. The van der Waals surface area contributed by atoms with E-state index in [2.05, 4.69) is 0 Å². The van der Waals surface area contributed by atoms with Crippen LogP contribution in [0.4, 0.5) is 0 Å². The van der Waals surface area contributed by atoms with Crippen LogP contribution in [0.1, 0.15) is 63.4 Å². The molecule has 1 amide bonds. The zero-order chi connectivity index (χ0) is 21.2. The van der Waals surface area contributed by atoms with Gasteiger partial charge in [-0.3, -0.25) is 14.5 Å². The van der Waals surface area contributed by atoms with E-state index in [4.69, 9.17) is 40.5 Å². The number of halogens is 2. The number of thioether (sulfide) groups is 1. The Bertz CT molecular complexity index is 763. The second-order valence-electron chi connectivity index (χ2n) is 6.94. The summed E-state index contributed by atoms with van der Waals surface area (Å²) in [6, 6.07) is 5.25. The summed E-state index contributed by atoms with van der Waals surface area (Å²) >= 11 is 19.0. The Hall–Kier alpha value is -1.08. The zero-order valence-corrected chi connectivity index (χ0v) is 19.3. The first-order valence-corrected chi connectivity index (χ1v) is 11.8. The molecule has 1 saturated heterocycles. The number of hydrogen-bond acceptors (Lipinski definition) is 4. The Balaban J connectivity index is 1.70. The monoisotopic (exact) mass is 473 g/mol. The molecule has 158 valence electrons. The summed E-state index contributed by atoms with van der Waals surface area (Å²) in [5.74, 6) is -0.806. The van der Waals surface area contributed by atoms with Gasteiger partial charge < -0.3 is 5.11 Å². The fourth-order valence-electron chi connectivity index (χ4n) is 3.08. The van der Waals surface area contributed by atoms with Crippen LogP contribution in [0.3, 0.4) is 0 Å². The lowest BCUT2D eigenvalue weighted by molar-refractivity contribution is -0.137. The van der Waals surface area contributed by atoms with Crippen LogP contribution in [-0.4, -0.2) is 32.7 Å². The van der Waals surface area contributed by atoms with E-state index in [9.17, 15) is 9.59 Å². The van der Waals surface area contributed by atoms with Crippen LogP contribution in [0.5, 0.6) is 0 Å². The van der Waals surface area contributed by atoms with Crippen LogP contribution < -0.4 is 0 Å². The molecule has 1 fully saturated rings. The molecule has 0 radical (unpaired) electrons. The highest BCUT2D eigenvalue weighted by Crippen LogP contribution is 2.35. The van der Waals surface area contributed by atoms with Gasteiger partial charge in [-0.25, -0.2) is 0 Å². The number of carbonyl (C=O) groups excluding carboxylic acids is 1. The van der Waals surface area contributed by atoms with Crippen molar-refractivity contribution in [1.82, 2.24) is 4.90 Å². The predicted octanol–water partition coefficient (Wildman–Crippen LogP) is 6.79. The first-order chi connectivity index (χ1) is 13.9. The maximum absolute atomic E-state index is 12.7. The minimum atomic E-state index is -0.717. The third kappa shape index (κ3) is 7.93. The minimum absolute atomic E-state index is 0.0885. The Labute approximate surface area is 191 Å². The molecular formula is C21H25Cl2NO3S2. The summed E-state index contributed by atoms with van der Waals surface area (Å²) in [4.78, 5) is 25.3. The summed E-state index contributed by atoms with van der Waals surface area (Å²) in [7, 11) is 0. The Kier molecular flexibility index (Phi) is 10.5. The third-order valence-corrected chi connectivity index (χ3v) is 6.71. The van der Waals surface area contributed by atoms with Gasteiger partial charge in [0.15, 0.2) is 0 Å². The lowest BCUT2D eigenvalue weighted by Crippen LogP contribution is -2.29. The summed E-state index contributed by atoms with van der Waals surface area (Å²) in [5.41, 5.74) is 0.639. The summed E-state index contributed by atoms with van der Waals surface area (Å²) in [5, 5.41) is 9.61. The molecule has 0 unspecified atom stereocenters. The molecule has 0 spiro atoms.